The zero-order valence-electron chi connectivity index (χ0n) is 10.5. The molecule has 0 spiro atoms. The Labute approximate surface area is 121 Å². The van der Waals surface area contributed by atoms with Crippen molar-refractivity contribution in [3.63, 3.8) is 0 Å². The van der Waals surface area contributed by atoms with Gasteiger partial charge in [0.2, 0.25) is 0 Å². The van der Waals surface area contributed by atoms with E-state index in [9.17, 15) is 4.39 Å². The minimum atomic E-state index is -0.390. The summed E-state index contributed by atoms with van der Waals surface area (Å²) in [5, 5.41) is 0. The predicted octanol–water partition coefficient (Wildman–Crippen LogP) is 4.40. The SMILES string of the molecule is CCC(N)C(Oc1ccccc1F)c1ccc(Cl)s1. The maximum absolute atomic E-state index is 13.6. The number of halogens is 2. The molecule has 1 aromatic carbocycles. The van der Waals surface area contributed by atoms with Gasteiger partial charge in [-0.1, -0.05) is 30.7 Å². The lowest BCUT2D eigenvalue weighted by Crippen LogP contribution is -2.31. The molecule has 5 heteroatoms. The van der Waals surface area contributed by atoms with Crippen LogP contribution in [-0.4, -0.2) is 6.04 Å². The van der Waals surface area contributed by atoms with Gasteiger partial charge in [-0.3, -0.25) is 0 Å². The maximum Gasteiger partial charge on any atom is 0.165 e. The number of thiophene rings is 1. The second kappa shape index (κ2) is 6.37. The van der Waals surface area contributed by atoms with Gasteiger partial charge in [0.05, 0.1) is 4.34 Å². The number of benzene rings is 1. The molecule has 2 aromatic rings. The molecular formula is C14H15ClFNOS. The van der Waals surface area contributed by atoms with Crippen LogP contribution in [0.2, 0.25) is 4.34 Å². The van der Waals surface area contributed by atoms with Crippen LogP contribution in [0.25, 0.3) is 0 Å². The first-order valence-electron chi connectivity index (χ1n) is 6.03. The van der Waals surface area contributed by atoms with E-state index in [-0.39, 0.29) is 17.9 Å². The number of hydrogen-bond acceptors (Lipinski definition) is 3. The molecule has 2 unspecified atom stereocenters. The number of ether oxygens (including phenoxy) is 1. The van der Waals surface area contributed by atoms with Crippen molar-refractivity contribution in [2.75, 3.05) is 0 Å². The minimum Gasteiger partial charge on any atom is -0.480 e. The van der Waals surface area contributed by atoms with Crippen molar-refractivity contribution in [1.29, 1.82) is 0 Å². The van der Waals surface area contributed by atoms with Crippen LogP contribution in [0.4, 0.5) is 4.39 Å². The van der Waals surface area contributed by atoms with E-state index >= 15 is 0 Å². The van der Waals surface area contributed by atoms with Crippen molar-refractivity contribution in [2.24, 2.45) is 5.73 Å². The summed E-state index contributed by atoms with van der Waals surface area (Å²) >= 11 is 7.34. The number of rotatable bonds is 5. The quantitative estimate of drug-likeness (QED) is 0.888. The van der Waals surface area contributed by atoms with Crippen LogP contribution < -0.4 is 10.5 Å². The van der Waals surface area contributed by atoms with Crippen LogP contribution in [0.15, 0.2) is 36.4 Å². The Kier molecular flexibility index (Phi) is 4.80. The van der Waals surface area contributed by atoms with Crippen molar-refractivity contribution >= 4 is 22.9 Å². The zero-order valence-corrected chi connectivity index (χ0v) is 12.0. The first-order valence-corrected chi connectivity index (χ1v) is 7.23. The summed E-state index contributed by atoms with van der Waals surface area (Å²) < 4.78 is 20.1. The Morgan fingerprint density at radius 2 is 2.05 bits per heavy atom. The molecule has 0 saturated heterocycles. The Bertz CT molecular complexity index is 546. The first kappa shape index (κ1) is 14.3. The molecule has 2 nitrogen and oxygen atoms in total. The van der Waals surface area contributed by atoms with Gasteiger partial charge in [0.1, 0.15) is 6.10 Å². The molecule has 1 heterocycles. The largest absolute Gasteiger partial charge is 0.480 e. The van der Waals surface area contributed by atoms with Crippen LogP contribution in [0.5, 0.6) is 5.75 Å². The molecule has 0 radical (unpaired) electrons. The monoisotopic (exact) mass is 299 g/mol. The van der Waals surface area contributed by atoms with Gasteiger partial charge in [-0.25, -0.2) is 4.39 Å². The van der Waals surface area contributed by atoms with Gasteiger partial charge in [0.15, 0.2) is 11.6 Å². The van der Waals surface area contributed by atoms with E-state index < -0.39 is 5.82 Å². The lowest BCUT2D eigenvalue weighted by molar-refractivity contribution is 0.167. The molecule has 0 saturated carbocycles. The van der Waals surface area contributed by atoms with Crippen LogP contribution in [0, 0.1) is 5.82 Å². The number of nitrogens with two attached hydrogens (primary N) is 1. The molecule has 102 valence electrons. The third-order valence-electron chi connectivity index (χ3n) is 2.83. The van der Waals surface area contributed by atoms with Gasteiger partial charge >= 0.3 is 0 Å². The summed E-state index contributed by atoms with van der Waals surface area (Å²) in [5.74, 6) is -0.181. The second-order valence-corrected chi connectivity index (χ2v) is 5.93. The summed E-state index contributed by atoms with van der Waals surface area (Å²) in [5.41, 5.74) is 6.07. The van der Waals surface area contributed by atoms with E-state index in [1.807, 2.05) is 13.0 Å². The molecule has 1 aromatic heterocycles. The summed E-state index contributed by atoms with van der Waals surface area (Å²) in [6.07, 6.45) is 0.341. The molecule has 0 aliphatic heterocycles. The zero-order chi connectivity index (χ0) is 13.8. The molecule has 0 aliphatic carbocycles. The average molecular weight is 300 g/mol. The standard InChI is InChI=1S/C14H15ClFNOS/c1-2-10(17)14(12-7-8-13(15)19-12)18-11-6-4-3-5-9(11)16/h3-8,10,14H,2,17H2,1H3. The highest BCUT2D eigenvalue weighted by Crippen LogP contribution is 2.33. The fourth-order valence-electron chi connectivity index (χ4n) is 1.73. The van der Waals surface area contributed by atoms with Gasteiger partial charge in [-0.2, -0.15) is 0 Å². The summed E-state index contributed by atoms with van der Waals surface area (Å²) in [7, 11) is 0. The van der Waals surface area contributed by atoms with Gasteiger partial charge in [-0.15, -0.1) is 11.3 Å². The Hall–Kier alpha value is -1.10. The van der Waals surface area contributed by atoms with Crippen molar-refractivity contribution in [1.82, 2.24) is 0 Å². The highest BCUT2D eigenvalue weighted by Gasteiger charge is 2.23. The van der Waals surface area contributed by atoms with Crippen LogP contribution in [0.1, 0.15) is 24.3 Å². The molecular weight excluding hydrogens is 285 g/mol. The van der Waals surface area contributed by atoms with E-state index in [1.54, 1.807) is 24.3 Å². The van der Waals surface area contributed by atoms with E-state index in [2.05, 4.69) is 0 Å². The smallest absolute Gasteiger partial charge is 0.165 e. The summed E-state index contributed by atoms with van der Waals surface area (Å²) in [6, 6.07) is 9.77. The maximum atomic E-state index is 13.6. The second-order valence-electron chi connectivity index (χ2n) is 4.18. The lowest BCUT2D eigenvalue weighted by Gasteiger charge is -2.23. The third kappa shape index (κ3) is 3.47. The van der Waals surface area contributed by atoms with Crippen LogP contribution in [0.3, 0.4) is 0 Å². The minimum absolute atomic E-state index is 0.209. The molecule has 2 atom stereocenters. The number of hydrogen-bond donors (Lipinski definition) is 1. The highest BCUT2D eigenvalue weighted by molar-refractivity contribution is 7.16. The van der Waals surface area contributed by atoms with Crippen molar-refractivity contribution in [2.45, 2.75) is 25.5 Å². The number of para-hydroxylation sites is 1. The van der Waals surface area contributed by atoms with Gasteiger partial charge in [-0.05, 0) is 30.7 Å². The van der Waals surface area contributed by atoms with E-state index in [1.165, 1.54) is 17.4 Å². The van der Waals surface area contributed by atoms with Crippen LogP contribution >= 0.6 is 22.9 Å². The summed E-state index contributed by atoms with van der Waals surface area (Å²) in [4.78, 5) is 0.905. The normalized spacial score (nSPS) is 14.1. The van der Waals surface area contributed by atoms with Gasteiger partial charge in [0.25, 0.3) is 0 Å². The lowest BCUT2D eigenvalue weighted by atomic mass is 10.1. The molecule has 2 N–H and O–H groups in total. The fraction of sp³-hybridized carbons (Fsp3) is 0.286. The third-order valence-corrected chi connectivity index (χ3v) is 4.12. The average Bonchev–Trinajstić information content (AvgIpc) is 2.83. The Balaban J connectivity index is 2.27. The predicted molar refractivity (Wildman–Crippen MR) is 77.4 cm³/mol. The molecule has 0 amide bonds. The fourth-order valence-corrected chi connectivity index (χ4v) is 2.90. The summed E-state index contributed by atoms with van der Waals surface area (Å²) in [6.45, 7) is 1.97. The van der Waals surface area contributed by atoms with E-state index in [0.717, 1.165) is 11.3 Å². The van der Waals surface area contributed by atoms with Gasteiger partial charge < -0.3 is 10.5 Å². The molecule has 2 rings (SSSR count). The van der Waals surface area contributed by atoms with Crippen molar-refractivity contribution in [3.8, 4) is 5.75 Å². The molecule has 0 bridgehead atoms. The highest BCUT2D eigenvalue weighted by atomic mass is 35.5. The Morgan fingerprint density at radius 1 is 1.32 bits per heavy atom. The van der Waals surface area contributed by atoms with E-state index in [0.29, 0.717) is 4.34 Å². The van der Waals surface area contributed by atoms with Gasteiger partial charge in [0, 0.05) is 10.9 Å². The molecule has 0 fully saturated rings. The topological polar surface area (TPSA) is 35.2 Å². The van der Waals surface area contributed by atoms with Crippen LogP contribution in [-0.2, 0) is 0 Å². The first-order chi connectivity index (χ1) is 9.11. The Morgan fingerprint density at radius 3 is 2.63 bits per heavy atom. The van der Waals surface area contributed by atoms with Crippen molar-refractivity contribution < 1.29 is 9.13 Å². The van der Waals surface area contributed by atoms with E-state index in [4.69, 9.17) is 22.1 Å². The molecule has 19 heavy (non-hydrogen) atoms. The molecule has 0 aliphatic rings. The van der Waals surface area contributed by atoms with Crippen molar-refractivity contribution in [3.05, 3.63) is 51.4 Å².